The third-order valence-electron chi connectivity index (χ3n) is 11.2. The lowest BCUT2D eigenvalue weighted by molar-refractivity contribution is -0.148. The van der Waals surface area contributed by atoms with Gasteiger partial charge >= 0.3 is 0 Å². The molecule has 29 heavy (non-hydrogen) atoms. The first-order chi connectivity index (χ1) is 13.6. The van der Waals surface area contributed by atoms with Crippen molar-refractivity contribution in [3.05, 3.63) is 0 Å². The lowest BCUT2D eigenvalue weighted by atomic mass is 9.43. The highest BCUT2D eigenvalue weighted by atomic mass is 16.3. The van der Waals surface area contributed by atoms with Gasteiger partial charge in [-0.25, -0.2) is 0 Å². The Bertz CT molecular complexity index is 579. The highest BCUT2D eigenvalue weighted by Gasteiger charge is 2.61. The zero-order valence-corrected chi connectivity index (χ0v) is 20.5. The second kappa shape index (κ2) is 7.83. The van der Waals surface area contributed by atoms with Crippen molar-refractivity contribution >= 4 is 0 Å². The summed E-state index contributed by atoms with van der Waals surface area (Å²) >= 11 is 0. The minimum atomic E-state index is -0.399. The second-order valence-corrected chi connectivity index (χ2v) is 13.4. The van der Waals surface area contributed by atoms with E-state index in [-0.39, 0.29) is 0 Å². The SMILES string of the molecule is CC(C)CCC[C@@H](C)[C@H]1CC[C@H]2[C@@H]3CC[C@H]4C[C@@](C)(O)CC[C@]4(C)[C@H]3CC[C@]12C. The van der Waals surface area contributed by atoms with Crippen molar-refractivity contribution < 1.29 is 5.11 Å². The van der Waals surface area contributed by atoms with Crippen molar-refractivity contribution in [2.45, 2.75) is 124 Å². The monoisotopic (exact) mass is 402 g/mol. The third kappa shape index (κ3) is 3.85. The Morgan fingerprint density at radius 1 is 0.793 bits per heavy atom. The van der Waals surface area contributed by atoms with Crippen molar-refractivity contribution in [2.24, 2.45) is 52.3 Å². The van der Waals surface area contributed by atoms with Crippen LogP contribution in [0.25, 0.3) is 0 Å². The minimum Gasteiger partial charge on any atom is -0.390 e. The van der Waals surface area contributed by atoms with Gasteiger partial charge in [-0.1, -0.05) is 53.9 Å². The van der Waals surface area contributed by atoms with Gasteiger partial charge in [-0.05, 0) is 117 Å². The van der Waals surface area contributed by atoms with Crippen molar-refractivity contribution in [3.8, 4) is 0 Å². The number of fused-ring (bicyclic) bond motifs is 5. The van der Waals surface area contributed by atoms with Gasteiger partial charge in [0, 0.05) is 0 Å². The maximum Gasteiger partial charge on any atom is 0.0622 e. The highest BCUT2D eigenvalue weighted by molar-refractivity contribution is 5.10. The summed E-state index contributed by atoms with van der Waals surface area (Å²) in [7, 11) is 0. The van der Waals surface area contributed by atoms with Crippen LogP contribution in [0.15, 0.2) is 0 Å². The van der Waals surface area contributed by atoms with E-state index >= 15 is 0 Å². The van der Waals surface area contributed by atoms with Crippen LogP contribution in [0.3, 0.4) is 0 Å². The summed E-state index contributed by atoms with van der Waals surface area (Å²) in [4.78, 5) is 0. The Morgan fingerprint density at radius 3 is 2.24 bits per heavy atom. The minimum absolute atomic E-state index is 0.399. The lowest BCUT2D eigenvalue weighted by Crippen LogP contribution is -2.55. The molecule has 1 heteroatoms. The smallest absolute Gasteiger partial charge is 0.0622 e. The molecule has 168 valence electrons. The van der Waals surface area contributed by atoms with Gasteiger partial charge in [0.2, 0.25) is 0 Å². The number of aliphatic hydroxyl groups is 1. The summed E-state index contributed by atoms with van der Waals surface area (Å²) in [5, 5.41) is 10.7. The topological polar surface area (TPSA) is 20.2 Å². The zero-order chi connectivity index (χ0) is 21.0. The molecule has 9 atom stereocenters. The van der Waals surface area contributed by atoms with Gasteiger partial charge in [-0.15, -0.1) is 0 Å². The van der Waals surface area contributed by atoms with Gasteiger partial charge in [-0.3, -0.25) is 0 Å². The van der Waals surface area contributed by atoms with Crippen LogP contribution in [-0.2, 0) is 0 Å². The Labute approximate surface area is 181 Å². The van der Waals surface area contributed by atoms with Crippen molar-refractivity contribution in [3.63, 3.8) is 0 Å². The largest absolute Gasteiger partial charge is 0.390 e. The van der Waals surface area contributed by atoms with Crippen LogP contribution in [-0.4, -0.2) is 10.7 Å². The molecule has 0 aromatic heterocycles. The Hall–Kier alpha value is -0.0400. The molecule has 1 nitrogen and oxygen atoms in total. The molecule has 0 aromatic rings. The molecule has 4 aliphatic carbocycles. The summed E-state index contributed by atoms with van der Waals surface area (Å²) in [5.74, 6) is 6.41. The van der Waals surface area contributed by atoms with Crippen LogP contribution in [0.2, 0.25) is 0 Å². The molecular formula is C28H50O. The number of hydrogen-bond acceptors (Lipinski definition) is 1. The average molecular weight is 403 g/mol. The van der Waals surface area contributed by atoms with Crippen LogP contribution >= 0.6 is 0 Å². The number of rotatable bonds is 5. The molecule has 0 aromatic carbocycles. The molecular weight excluding hydrogens is 352 g/mol. The van der Waals surface area contributed by atoms with Crippen LogP contribution in [0, 0.1) is 52.3 Å². The van der Waals surface area contributed by atoms with Gasteiger partial charge in [0.25, 0.3) is 0 Å². The molecule has 0 unspecified atom stereocenters. The Morgan fingerprint density at radius 2 is 1.52 bits per heavy atom. The summed E-state index contributed by atoms with van der Waals surface area (Å²) in [6, 6.07) is 0. The third-order valence-corrected chi connectivity index (χ3v) is 11.2. The van der Waals surface area contributed by atoms with E-state index in [0.717, 1.165) is 54.3 Å². The fraction of sp³-hybridized carbons (Fsp3) is 1.00. The summed E-state index contributed by atoms with van der Waals surface area (Å²) in [5.41, 5.74) is 0.722. The fourth-order valence-electron chi connectivity index (χ4n) is 9.46. The zero-order valence-electron chi connectivity index (χ0n) is 20.5. The first-order valence-corrected chi connectivity index (χ1v) is 13.3. The Kier molecular flexibility index (Phi) is 5.98. The maximum absolute atomic E-state index is 10.7. The lowest BCUT2D eigenvalue weighted by Gasteiger charge is -2.62. The van der Waals surface area contributed by atoms with Gasteiger partial charge < -0.3 is 5.11 Å². The van der Waals surface area contributed by atoms with E-state index in [0.29, 0.717) is 10.8 Å². The number of hydrogen-bond donors (Lipinski definition) is 1. The average Bonchev–Trinajstić information content (AvgIpc) is 2.99. The molecule has 1 N–H and O–H groups in total. The van der Waals surface area contributed by atoms with E-state index in [2.05, 4.69) is 41.5 Å². The summed E-state index contributed by atoms with van der Waals surface area (Å²) in [6.07, 6.45) is 16.5. The van der Waals surface area contributed by atoms with Gasteiger partial charge in [0.15, 0.2) is 0 Å². The molecule has 4 aliphatic rings. The van der Waals surface area contributed by atoms with E-state index in [9.17, 15) is 5.11 Å². The van der Waals surface area contributed by atoms with Crippen molar-refractivity contribution in [1.29, 1.82) is 0 Å². The molecule has 0 amide bonds. The van der Waals surface area contributed by atoms with Crippen molar-refractivity contribution in [1.82, 2.24) is 0 Å². The summed E-state index contributed by atoms with van der Waals surface area (Å²) < 4.78 is 0. The van der Waals surface area contributed by atoms with E-state index < -0.39 is 5.60 Å². The molecule has 0 heterocycles. The predicted octanol–water partition coefficient (Wildman–Crippen LogP) is 7.86. The normalized spacial score (nSPS) is 50.7. The van der Waals surface area contributed by atoms with E-state index in [1.54, 1.807) is 0 Å². The van der Waals surface area contributed by atoms with Crippen molar-refractivity contribution in [2.75, 3.05) is 0 Å². The molecule has 0 saturated heterocycles. The molecule has 4 rings (SSSR count). The van der Waals surface area contributed by atoms with Crippen LogP contribution in [0.1, 0.15) is 119 Å². The van der Waals surface area contributed by atoms with Crippen LogP contribution in [0.4, 0.5) is 0 Å². The molecule has 0 radical (unpaired) electrons. The predicted molar refractivity (Wildman–Crippen MR) is 124 cm³/mol. The van der Waals surface area contributed by atoms with Gasteiger partial charge in [0.1, 0.15) is 0 Å². The van der Waals surface area contributed by atoms with Crippen LogP contribution < -0.4 is 0 Å². The van der Waals surface area contributed by atoms with E-state index in [1.165, 1.54) is 64.2 Å². The van der Waals surface area contributed by atoms with Gasteiger partial charge in [-0.2, -0.15) is 0 Å². The standard InChI is InChI=1S/C28H50O/c1-19(2)8-7-9-20(3)23-12-13-24-22-11-10-21-18-26(4,29)16-17-27(21,5)25(22)14-15-28(23,24)6/h19-25,29H,7-18H2,1-6H3/t20-,21+,22+,23-,24+,25+,26+,27+,28-/m1/s1. The maximum atomic E-state index is 10.7. The molecule has 0 bridgehead atoms. The highest BCUT2D eigenvalue weighted by Crippen LogP contribution is 2.68. The molecule has 0 spiro atoms. The second-order valence-electron chi connectivity index (χ2n) is 13.4. The molecule has 0 aliphatic heterocycles. The summed E-state index contributed by atoms with van der Waals surface area (Å²) in [6.45, 7) is 14.8. The van der Waals surface area contributed by atoms with E-state index in [4.69, 9.17) is 0 Å². The first kappa shape index (κ1) is 22.2. The van der Waals surface area contributed by atoms with E-state index in [1.807, 2.05) is 0 Å². The fourth-order valence-corrected chi connectivity index (χ4v) is 9.46. The molecule has 4 saturated carbocycles. The van der Waals surface area contributed by atoms with Gasteiger partial charge in [0.05, 0.1) is 5.60 Å². The first-order valence-electron chi connectivity index (χ1n) is 13.3. The quantitative estimate of drug-likeness (QED) is 0.496. The molecule has 4 fully saturated rings. The van der Waals surface area contributed by atoms with Crippen LogP contribution in [0.5, 0.6) is 0 Å². The Balaban J connectivity index is 1.46.